The zero-order chi connectivity index (χ0) is 25.9. The van der Waals surface area contributed by atoms with Crippen molar-refractivity contribution in [2.45, 2.75) is 57.2 Å². The van der Waals surface area contributed by atoms with Gasteiger partial charge >= 0.3 is 15.6 Å². The summed E-state index contributed by atoms with van der Waals surface area (Å²) >= 11 is 0. The third-order valence-corrected chi connectivity index (χ3v) is 12.1. The van der Waals surface area contributed by atoms with E-state index in [0.29, 0.717) is 12.8 Å². The zero-order valence-corrected chi connectivity index (χ0v) is 22.0. The van der Waals surface area contributed by atoms with Crippen molar-refractivity contribution in [3.63, 3.8) is 0 Å². The molecule has 2 aromatic rings. The predicted octanol–water partition coefficient (Wildman–Crippen LogP) is 5.09. The van der Waals surface area contributed by atoms with Crippen LogP contribution in [0.1, 0.15) is 40.5 Å². The number of allylic oxidation sites excluding steroid dienone is 1. The monoisotopic (exact) mass is 528 g/mol. The molecular weight excluding hydrogens is 497 g/mol. The first-order valence-electron chi connectivity index (χ1n) is 11.4. The summed E-state index contributed by atoms with van der Waals surface area (Å²) in [4.78, 5) is 0. The van der Waals surface area contributed by atoms with Gasteiger partial charge in [0, 0.05) is 12.5 Å². The van der Waals surface area contributed by atoms with E-state index < -0.39 is 36.0 Å². The first kappa shape index (κ1) is 27.3. The molecule has 0 saturated heterocycles. The van der Waals surface area contributed by atoms with Crippen molar-refractivity contribution in [1.82, 2.24) is 0 Å². The summed E-state index contributed by atoms with van der Waals surface area (Å²) < 4.78 is 77.6. The van der Waals surface area contributed by atoms with E-state index in [1.54, 1.807) is 0 Å². The van der Waals surface area contributed by atoms with Crippen LogP contribution >= 0.6 is 0 Å². The maximum atomic E-state index is 12.7. The normalized spacial score (nSPS) is 18.4. The van der Waals surface area contributed by atoms with Crippen molar-refractivity contribution in [2.24, 2.45) is 5.92 Å². The summed E-state index contributed by atoms with van der Waals surface area (Å²) in [5.41, 5.74) is -5.53. The average molecular weight is 529 g/mol. The molecule has 0 saturated carbocycles. The summed E-state index contributed by atoms with van der Waals surface area (Å²) in [7, 11) is -8.59. The fourth-order valence-corrected chi connectivity index (χ4v) is 9.44. The van der Waals surface area contributed by atoms with E-state index in [0.717, 1.165) is 10.4 Å². The van der Waals surface area contributed by atoms with Gasteiger partial charge in [0.2, 0.25) is 0 Å². The van der Waals surface area contributed by atoms with Crippen molar-refractivity contribution < 1.29 is 34.9 Å². The SMILES string of the molecule is C[C@@H](CO[Si](c1ccccc1)(c1ccccc1)C(C)(C)C)[C@@H]1CCC=C(OS(=O)(=O)C(F)(F)F)O1. The quantitative estimate of drug-likeness (QED) is 0.272. The molecule has 1 aliphatic heterocycles. The largest absolute Gasteiger partial charge is 0.534 e. The van der Waals surface area contributed by atoms with Gasteiger partial charge in [0.1, 0.15) is 6.10 Å². The minimum atomic E-state index is -5.79. The van der Waals surface area contributed by atoms with Gasteiger partial charge in [-0.25, -0.2) is 0 Å². The lowest BCUT2D eigenvalue weighted by Crippen LogP contribution is -2.67. The van der Waals surface area contributed by atoms with Crippen molar-refractivity contribution in [2.75, 3.05) is 6.61 Å². The summed E-state index contributed by atoms with van der Waals surface area (Å²) in [5, 5.41) is 1.98. The number of benzene rings is 2. The lowest BCUT2D eigenvalue weighted by molar-refractivity contribution is -0.0638. The standard InChI is InChI=1S/C25H31F3O5SSi/c1-19(22-16-11-17-23(32-22)33-34(29,30)25(26,27)28)18-31-35(24(2,3)4,20-12-7-5-8-13-20)21-14-9-6-10-15-21/h5-10,12-15,17,19,22H,11,16,18H2,1-4H3/t19-,22-/m0/s1. The van der Waals surface area contributed by atoms with Gasteiger partial charge in [-0.05, 0) is 34.3 Å². The van der Waals surface area contributed by atoms with Crippen LogP contribution in [0.3, 0.4) is 0 Å². The first-order chi connectivity index (χ1) is 16.3. The van der Waals surface area contributed by atoms with Crippen LogP contribution in [-0.4, -0.2) is 35.0 Å². The molecule has 35 heavy (non-hydrogen) atoms. The highest BCUT2D eigenvalue weighted by Gasteiger charge is 2.51. The minimum Gasteiger partial charge on any atom is -0.461 e. The molecule has 5 nitrogen and oxygen atoms in total. The van der Waals surface area contributed by atoms with E-state index in [1.807, 2.05) is 43.3 Å². The van der Waals surface area contributed by atoms with Gasteiger partial charge < -0.3 is 13.3 Å². The van der Waals surface area contributed by atoms with Gasteiger partial charge in [0.25, 0.3) is 14.3 Å². The van der Waals surface area contributed by atoms with Gasteiger partial charge in [0.15, 0.2) is 0 Å². The molecule has 0 amide bonds. The number of hydrogen-bond acceptors (Lipinski definition) is 5. The highest BCUT2D eigenvalue weighted by molar-refractivity contribution is 7.87. The summed E-state index contributed by atoms with van der Waals surface area (Å²) in [5.74, 6) is -0.881. The second-order valence-electron chi connectivity index (χ2n) is 9.69. The lowest BCUT2D eigenvalue weighted by atomic mass is 10.00. The molecule has 0 aromatic heterocycles. The van der Waals surface area contributed by atoms with Gasteiger partial charge in [-0.2, -0.15) is 21.6 Å². The Morgan fingerprint density at radius 3 is 1.97 bits per heavy atom. The van der Waals surface area contributed by atoms with Crippen LogP contribution in [0, 0.1) is 5.92 Å². The Balaban J connectivity index is 1.84. The second kappa shape index (κ2) is 10.4. The van der Waals surface area contributed by atoms with Crippen molar-refractivity contribution >= 4 is 28.8 Å². The van der Waals surface area contributed by atoms with Crippen molar-refractivity contribution in [1.29, 1.82) is 0 Å². The smallest absolute Gasteiger partial charge is 0.461 e. The van der Waals surface area contributed by atoms with Crippen LogP contribution in [0.4, 0.5) is 13.2 Å². The molecule has 0 unspecified atom stereocenters. The molecule has 2 atom stereocenters. The summed E-state index contributed by atoms with van der Waals surface area (Å²) in [6.45, 7) is 8.61. The number of alkyl halides is 3. The van der Waals surface area contributed by atoms with Crippen LogP contribution in [0.25, 0.3) is 0 Å². The van der Waals surface area contributed by atoms with Crippen LogP contribution in [0.5, 0.6) is 0 Å². The van der Waals surface area contributed by atoms with Gasteiger partial charge in [-0.3, -0.25) is 0 Å². The fraction of sp³-hybridized carbons (Fsp3) is 0.440. The Morgan fingerprint density at radius 1 is 1.00 bits per heavy atom. The molecule has 0 aliphatic carbocycles. The molecule has 0 fully saturated rings. The van der Waals surface area contributed by atoms with Gasteiger partial charge in [0.05, 0.1) is 0 Å². The molecule has 0 bridgehead atoms. The fourth-order valence-electron chi connectivity index (χ4n) is 4.36. The molecule has 0 spiro atoms. The van der Waals surface area contributed by atoms with E-state index in [-0.39, 0.29) is 17.6 Å². The lowest BCUT2D eigenvalue weighted by Gasteiger charge is -2.44. The maximum absolute atomic E-state index is 12.7. The minimum absolute atomic E-state index is 0.238. The molecule has 0 radical (unpaired) electrons. The zero-order valence-electron chi connectivity index (χ0n) is 20.2. The summed E-state index contributed by atoms with van der Waals surface area (Å²) in [6, 6.07) is 20.1. The third-order valence-electron chi connectivity index (χ3n) is 6.12. The summed E-state index contributed by atoms with van der Waals surface area (Å²) in [6.07, 6.45) is 1.49. The van der Waals surface area contributed by atoms with Crippen molar-refractivity contribution in [3.8, 4) is 0 Å². The number of rotatable bonds is 8. The molecular formula is C25H31F3O5SSi. The van der Waals surface area contributed by atoms with E-state index in [4.69, 9.17) is 9.16 Å². The first-order valence-corrected chi connectivity index (χ1v) is 14.7. The predicted molar refractivity (Wildman–Crippen MR) is 131 cm³/mol. The average Bonchev–Trinajstić information content (AvgIpc) is 2.79. The van der Waals surface area contributed by atoms with Gasteiger partial charge in [-0.1, -0.05) is 88.4 Å². The molecule has 10 heteroatoms. The number of hydrogen-bond donors (Lipinski definition) is 0. The molecule has 2 aromatic carbocycles. The van der Waals surface area contributed by atoms with E-state index in [1.165, 1.54) is 6.08 Å². The molecule has 3 rings (SSSR count). The Hall–Kier alpha value is -2.30. The van der Waals surface area contributed by atoms with Gasteiger partial charge in [-0.15, -0.1) is 0 Å². The number of ether oxygens (including phenoxy) is 1. The molecule has 192 valence electrons. The topological polar surface area (TPSA) is 61.8 Å². The van der Waals surface area contributed by atoms with Crippen LogP contribution in [0.2, 0.25) is 5.04 Å². The van der Waals surface area contributed by atoms with E-state index >= 15 is 0 Å². The Kier molecular flexibility index (Phi) is 8.08. The number of halogens is 3. The van der Waals surface area contributed by atoms with E-state index in [9.17, 15) is 21.6 Å². The van der Waals surface area contributed by atoms with Crippen LogP contribution in [-0.2, 0) is 23.5 Å². The highest BCUT2D eigenvalue weighted by atomic mass is 32.2. The Morgan fingerprint density at radius 2 is 1.51 bits per heavy atom. The molecule has 0 N–H and O–H groups in total. The Bertz CT molecular complexity index is 1070. The third kappa shape index (κ3) is 5.92. The maximum Gasteiger partial charge on any atom is 0.534 e. The highest BCUT2D eigenvalue weighted by Crippen LogP contribution is 2.38. The Labute approximate surface area is 206 Å². The van der Waals surface area contributed by atoms with Crippen LogP contribution in [0.15, 0.2) is 72.7 Å². The second-order valence-corrected chi connectivity index (χ2v) is 15.5. The molecule has 1 heterocycles. The van der Waals surface area contributed by atoms with Crippen molar-refractivity contribution in [3.05, 3.63) is 72.7 Å². The molecule has 1 aliphatic rings. The van der Waals surface area contributed by atoms with Crippen LogP contribution < -0.4 is 10.4 Å². The van der Waals surface area contributed by atoms with E-state index in [2.05, 4.69) is 49.2 Å².